The summed E-state index contributed by atoms with van der Waals surface area (Å²) in [6.07, 6.45) is -1.39. The molecule has 5 aromatic rings. The van der Waals surface area contributed by atoms with Gasteiger partial charge in [0.2, 0.25) is 0 Å². The maximum Gasteiger partial charge on any atom is 0.296 e. The number of aliphatic hydroxyl groups is 1. The standard InChI is InChI=1S/C30H24ClN3O4/c31-22-15-23-28(33-25(22)20-13-11-19(12-14-20)18-7-3-1-4-8-18)34-29(32-23)38-24-16-36-27-26(24)37-17-30(27,35)21-9-5-2-6-10-21/h1-15,24,26-27,35H,16-17H2,(H,32,33,34)/t24-,26-,27+,30+/m1/s1. The molecule has 0 amide bonds. The minimum absolute atomic E-state index is 0.135. The molecule has 2 aromatic heterocycles. The van der Waals surface area contributed by atoms with Gasteiger partial charge in [0.05, 0.1) is 29.4 Å². The van der Waals surface area contributed by atoms with Crippen LogP contribution in [-0.2, 0) is 15.1 Å². The molecule has 4 atom stereocenters. The van der Waals surface area contributed by atoms with Crippen LogP contribution < -0.4 is 4.74 Å². The molecule has 8 heteroatoms. The molecule has 190 valence electrons. The Morgan fingerprint density at radius 1 is 0.868 bits per heavy atom. The minimum atomic E-state index is -1.22. The van der Waals surface area contributed by atoms with Crippen molar-refractivity contribution in [2.45, 2.75) is 23.9 Å². The van der Waals surface area contributed by atoms with Crippen molar-refractivity contribution in [2.24, 2.45) is 0 Å². The predicted octanol–water partition coefficient (Wildman–Crippen LogP) is 5.38. The Labute approximate surface area is 224 Å². The predicted molar refractivity (Wildman–Crippen MR) is 144 cm³/mol. The molecule has 2 saturated heterocycles. The third-order valence-electron chi connectivity index (χ3n) is 7.28. The summed E-state index contributed by atoms with van der Waals surface area (Å²) < 4.78 is 18.1. The zero-order valence-electron chi connectivity index (χ0n) is 20.3. The fourth-order valence-corrected chi connectivity index (χ4v) is 5.58. The molecular weight excluding hydrogens is 502 g/mol. The van der Waals surface area contributed by atoms with Crippen LogP contribution in [0, 0.1) is 0 Å². The number of H-pyrrole nitrogens is 1. The van der Waals surface area contributed by atoms with Crippen molar-refractivity contribution >= 4 is 22.8 Å². The average molecular weight is 526 g/mol. The average Bonchev–Trinajstić information content (AvgIpc) is 3.65. The summed E-state index contributed by atoms with van der Waals surface area (Å²) in [5.74, 6) is 0. The van der Waals surface area contributed by atoms with Crippen LogP contribution in [0.15, 0.2) is 91.0 Å². The van der Waals surface area contributed by atoms with Gasteiger partial charge in [0.1, 0.15) is 17.8 Å². The Hall–Kier alpha value is -3.75. The van der Waals surface area contributed by atoms with Gasteiger partial charge in [0.15, 0.2) is 11.8 Å². The summed E-state index contributed by atoms with van der Waals surface area (Å²) in [6, 6.07) is 29.9. The Balaban J connectivity index is 1.11. The molecule has 0 radical (unpaired) electrons. The highest BCUT2D eigenvalue weighted by atomic mass is 35.5. The number of nitrogens with zero attached hydrogens (tertiary/aromatic N) is 2. The van der Waals surface area contributed by atoms with Crippen LogP contribution in [0.3, 0.4) is 0 Å². The van der Waals surface area contributed by atoms with Crippen LogP contribution in [0.4, 0.5) is 0 Å². The summed E-state index contributed by atoms with van der Waals surface area (Å²) in [5.41, 5.74) is 4.51. The van der Waals surface area contributed by atoms with Crippen LogP contribution in [0.2, 0.25) is 5.02 Å². The Morgan fingerprint density at radius 2 is 1.55 bits per heavy atom. The van der Waals surface area contributed by atoms with Crippen molar-refractivity contribution in [2.75, 3.05) is 13.2 Å². The van der Waals surface area contributed by atoms with Gasteiger partial charge in [-0.25, -0.2) is 4.98 Å². The molecule has 7 nitrogen and oxygen atoms in total. The number of halogens is 1. The number of hydrogen-bond donors (Lipinski definition) is 2. The lowest BCUT2D eigenvalue weighted by atomic mass is 9.88. The van der Waals surface area contributed by atoms with Gasteiger partial charge in [0, 0.05) is 5.56 Å². The number of nitrogens with one attached hydrogen (secondary N) is 1. The van der Waals surface area contributed by atoms with Gasteiger partial charge in [-0.2, -0.15) is 4.98 Å². The molecule has 4 heterocycles. The van der Waals surface area contributed by atoms with Gasteiger partial charge in [-0.15, -0.1) is 0 Å². The van der Waals surface area contributed by atoms with Crippen LogP contribution in [-0.4, -0.2) is 51.6 Å². The van der Waals surface area contributed by atoms with Crippen LogP contribution >= 0.6 is 11.6 Å². The number of imidazole rings is 1. The van der Waals surface area contributed by atoms with Crippen molar-refractivity contribution in [3.63, 3.8) is 0 Å². The number of hydrogen-bond acceptors (Lipinski definition) is 6. The molecule has 0 aliphatic carbocycles. The van der Waals surface area contributed by atoms with E-state index in [2.05, 4.69) is 34.2 Å². The highest BCUT2D eigenvalue weighted by molar-refractivity contribution is 6.33. The number of ether oxygens (including phenoxy) is 3. The molecule has 0 unspecified atom stereocenters. The first-order chi connectivity index (χ1) is 18.6. The van der Waals surface area contributed by atoms with Gasteiger partial charge in [-0.05, 0) is 22.8 Å². The third-order valence-corrected chi connectivity index (χ3v) is 7.57. The topological polar surface area (TPSA) is 89.5 Å². The number of aromatic nitrogens is 3. The molecule has 3 aromatic carbocycles. The van der Waals surface area contributed by atoms with Crippen molar-refractivity contribution in [1.82, 2.24) is 15.0 Å². The van der Waals surface area contributed by atoms with Gasteiger partial charge in [0.25, 0.3) is 6.01 Å². The van der Waals surface area contributed by atoms with E-state index in [4.69, 9.17) is 30.8 Å². The molecule has 0 bridgehead atoms. The first-order valence-corrected chi connectivity index (χ1v) is 12.9. The van der Waals surface area contributed by atoms with Crippen molar-refractivity contribution in [3.05, 3.63) is 102 Å². The van der Waals surface area contributed by atoms with E-state index < -0.39 is 23.9 Å². The van der Waals surface area contributed by atoms with E-state index in [1.54, 1.807) is 6.07 Å². The molecule has 2 fully saturated rings. The Bertz CT molecular complexity index is 1590. The molecule has 2 aliphatic rings. The molecular formula is C30H24ClN3O4. The van der Waals surface area contributed by atoms with Gasteiger partial charge in [-0.3, -0.25) is 0 Å². The van der Waals surface area contributed by atoms with Crippen molar-refractivity contribution < 1.29 is 19.3 Å². The summed E-state index contributed by atoms with van der Waals surface area (Å²) >= 11 is 6.62. The molecule has 2 aliphatic heterocycles. The van der Waals surface area contributed by atoms with Crippen LogP contribution in [0.5, 0.6) is 6.01 Å². The fourth-order valence-electron chi connectivity index (χ4n) is 5.32. The van der Waals surface area contributed by atoms with Crippen molar-refractivity contribution in [1.29, 1.82) is 0 Å². The van der Waals surface area contributed by atoms with Crippen LogP contribution in [0.25, 0.3) is 33.5 Å². The van der Waals surface area contributed by atoms with E-state index in [0.717, 1.165) is 22.3 Å². The third kappa shape index (κ3) is 3.95. The summed E-state index contributed by atoms with van der Waals surface area (Å²) in [5, 5.41) is 11.8. The molecule has 2 N–H and O–H groups in total. The maximum atomic E-state index is 11.3. The summed E-state index contributed by atoms with van der Waals surface area (Å²) in [6.45, 7) is 0.407. The second kappa shape index (κ2) is 9.22. The fraction of sp³-hybridized carbons (Fsp3) is 0.200. The van der Waals surface area contributed by atoms with Gasteiger partial charge < -0.3 is 24.3 Å². The quantitative estimate of drug-likeness (QED) is 0.320. The second-order valence-electron chi connectivity index (χ2n) is 9.65. The Morgan fingerprint density at radius 3 is 2.32 bits per heavy atom. The smallest absolute Gasteiger partial charge is 0.296 e. The zero-order valence-corrected chi connectivity index (χ0v) is 21.0. The van der Waals surface area contributed by atoms with E-state index in [1.807, 2.05) is 60.7 Å². The minimum Gasteiger partial charge on any atom is -0.456 e. The second-order valence-corrected chi connectivity index (χ2v) is 10.1. The van der Waals surface area contributed by atoms with Crippen molar-refractivity contribution in [3.8, 4) is 28.4 Å². The van der Waals surface area contributed by atoms with Crippen LogP contribution in [0.1, 0.15) is 5.56 Å². The number of fused-ring (bicyclic) bond motifs is 2. The highest BCUT2D eigenvalue weighted by Gasteiger charge is 2.57. The molecule has 0 spiro atoms. The lowest BCUT2D eigenvalue weighted by Gasteiger charge is -2.27. The van der Waals surface area contributed by atoms with E-state index in [1.165, 1.54) is 0 Å². The molecule has 0 saturated carbocycles. The monoisotopic (exact) mass is 525 g/mol. The Kier molecular flexibility index (Phi) is 5.67. The van der Waals surface area contributed by atoms with E-state index >= 15 is 0 Å². The van der Waals surface area contributed by atoms with E-state index in [0.29, 0.717) is 27.9 Å². The zero-order chi connectivity index (χ0) is 25.7. The lowest BCUT2D eigenvalue weighted by molar-refractivity contribution is -0.0730. The largest absolute Gasteiger partial charge is 0.456 e. The van der Waals surface area contributed by atoms with E-state index in [9.17, 15) is 5.11 Å². The lowest BCUT2D eigenvalue weighted by Crippen LogP contribution is -2.41. The van der Waals surface area contributed by atoms with Gasteiger partial charge in [-0.1, -0.05) is 96.5 Å². The maximum absolute atomic E-state index is 11.3. The number of benzene rings is 3. The van der Waals surface area contributed by atoms with E-state index in [-0.39, 0.29) is 13.2 Å². The highest BCUT2D eigenvalue weighted by Crippen LogP contribution is 2.42. The first kappa shape index (κ1) is 23.4. The molecule has 38 heavy (non-hydrogen) atoms. The normalized spacial score (nSPS) is 24.5. The summed E-state index contributed by atoms with van der Waals surface area (Å²) in [4.78, 5) is 12.4. The molecule has 7 rings (SSSR count). The SMILES string of the molecule is O[C@]1(c2ccccc2)CO[C@@H]2[C@H](Oc3nc4nc(-c5ccc(-c6ccccc6)cc5)c(Cl)cc4[nH]3)CO[C@@H]21. The summed E-state index contributed by atoms with van der Waals surface area (Å²) in [7, 11) is 0. The number of rotatable bonds is 5. The first-order valence-electron chi connectivity index (χ1n) is 12.5. The van der Waals surface area contributed by atoms with Gasteiger partial charge >= 0.3 is 0 Å². The number of aromatic amines is 1. The number of pyridine rings is 1.